The molecule has 1 aromatic carbocycles. The summed E-state index contributed by atoms with van der Waals surface area (Å²) >= 11 is 0. The fourth-order valence-electron chi connectivity index (χ4n) is 3.94. The van der Waals surface area contributed by atoms with Crippen LogP contribution in [0.15, 0.2) is 36.4 Å². The smallest absolute Gasteiger partial charge is 0.408 e. The molecule has 7 heteroatoms. The maximum absolute atomic E-state index is 12.8. The number of rotatable bonds is 7. The molecule has 1 aromatic rings. The van der Waals surface area contributed by atoms with Crippen LogP contribution < -0.4 is 5.32 Å². The van der Waals surface area contributed by atoms with Crippen LogP contribution in [-0.4, -0.2) is 50.4 Å². The van der Waals surface area contributed by atoms with Gasteiger partial charge in [0.25, 0.3) is 0 Å². The van der Waals surface area contributed by atoms with Crippen molar-refractivity contribution in [2.45, 2.75) is 78.7 Å². The van der Waals surface area contributed by atoms with Crippen LogP contribution in [0.1, 0.15) is 59.1 Å². The van der Waals surface area contributed by atoms with E-state index in [1.54, 1.807) is 38.7 Å². The third kappa shape index (κ3) is 6.57. The van der Waals surface area contributed by atoms with E-state index >= 15 is 0 Å². The van der Waals surface area contributed by atoms with Gasteiger partial charge in [0.2, 0.25) is 11.8 Å². The van der Waals surface area contributed by atoms with Gasteiger partial charge in [0.1, 0.15) is 6.04 Å². The number of carboxylic acid groups (broad SMARTS) is 1. The molecule has 2 rings (SSSR count). The highest BCUT2D eigenvalue weighted by molar-refractivity contribution is 5.89. The molecular weight excluding hydrogens is 394 g/mol. The Labute approximate surface area is 185 Å². The van der Waals surface area contributed by atoms with E-state index in [4.69, 9.17) is 0 Å². The van der Waals surface area contributed by atoms with Crippen molar-refractivity contribution in [2.75, 3.05) is 0 Å². The second kappa shape index (κ2) is 9.98. The molecule has 0 unspecified atom stereocenters. The maximum atomic E-state index is 12.8. The van der Waals surface area contributed by atoms with Crippen LogP contribution >= 0.6 is 0 Å². The number of hydrogen-bond donors (Lipinski definition) is 2. The average Bonchev–Trinajstić information content (AvgIpc) is 3.08. The molecule has 31 heavy (non-hydrogen) atoms. The lowest BCUT2D eigenvalue weighted by Gasteiger charge is -2.37. The third-order valence-corrected chi connectivity index (χ3v) is 5.37. The first-order chi connectivity index (χ1) is 14.4. The van der Waals surface area contributed by atoms with E-state index in [0.717, 1.165) is 16.0 Å². The summed E-state index contributed by atoms with van der Waals surface area (Å²) < 4.78 is 0. The largest absolute Gasteiger partial charge is 0.465 e. The van der Waals surface area contributed by atoms with Crippen molar-refractivity contribution in [1.29, 1.82) is 0 Å². The molecule has 0 saturated carbocycles. The van der Waals surface area contributed by atoms with Crippen molar-refractivity contribution >= 4 is 17.9 Å². The fourth-order valence-corrected chi connectivity index (χ4v) is 3.94. The second-order valence-electron chi connectivity index (χ2n) is 9.57. The van der Waals surface area contributed by atoms with Gasteiger partial charge in [0.15, 0.2) is 0 Å². The highest BCUT2D eigenvalue weighted by atomic mass is 16.4. The molecule has 3 amide bonds. The Morgan fingerprint density at radius 2 is 1.68 bits per heavy atom. The van der Waals surface area contributed by atoms with Gasteiger partial charge in [-0.1, -0.05) is 44.2 Å². The number of fused-ring (bicyclic) bond motifs is 1. The minimum absolute atomic E-state index is 0.103. The molecule has 0 aromatic heterocycles. The second-order valence-corrected chi connectivity index (χ2v) is 9.57. The number of hydrogen-bond acceptors (Lipinski definition) is 3. The summed E-state index contributed by atoms with van der Waals surface area (Å²) in [6.45, 7) is 12.1. The third-order valence-electron chi connectivity index (χ3n) is 5.37. The van der Waals surface area contributed by atoms with Gasteiger partial charge in [-0.3, -0.25) is 14.5 Å². The van der Waals surface area contributed by atoms with Crippen molar-refractivity contribution in [2.24, 2.45) is 5.92 Å². The van der Waals surface area contributed by atoms with Crippen molar-refractivity contribution in [3.8, 4) is 0 Å². The molecule has 0 spiro atoms. The molecule has 1 aliphatic heterocycles. The van der Waals surface area contributed by atoms with E-state index in [2.05, 4.69) is 5.32 Å². The van der Waals surface area contributed by atoms with E-state index in [9.17, 15) is 19.5 Å². The summed E-state index contributed by atoms with van der Waals surface area (Å²) in [6, 6.07) is 6.77. The molecule has 1 aliphatic rings. The van der Waals surface area contributed by atoms with Gasteiger partial charge >= 0.3 is 6.09 Å². The predicted octanol–water partition coefficient (Wildman–Crippen LogP) is 3.78. The van der Waals surface area contributed by atoms with E-state index in [1.807, 2.05) is 38.1 Å². The minimum atomic E-state index is -1.14. The number of carbonyl (C=O) groups is 3. The summed E-state index contributed by atoms with van der Waals surface area (Å²) in [5.41, 5.74) is 1.59. The van der Waals surface area contributed by atoms with Gasteiger partial charge < -0.3 is 15.3 Å². The number of nitrogens with one attached hydrogen (secondary N) is 1. The quantitative estimate of drug-likeness (QED) is 0.646. The van der Waals surface area contributed by atoms with Crippen LogP contribution in [0.4, 0.5) is 4.79 Å². The minimum Gasteiger partial charge on any atom is -0.465 e. The number of amides is 3. The van der Waals surface area contributed by atoms with Gasteiger partial charge in [-0.15, -0.1) is 0 Å². The average molecular weight is 430 g/mol. The molecule has 0 saturated heterocycles. The zero-order valence-corrected chi connectivity index (χ0v) is 19.4. The van der Waals surface area contributed by atoms with Crippen molar-refractivity contribution in [1.82, 2.24) is 15.1 Å². The SMILES string of the molecule is CC(C)C[C@@H](C=CC(=O)N1Cc2ccccc2C1)NC(=O)[C@H](C)N(C(=O)O)C(C)(C)C. The lowest BCUT2D eigenvalue weighted by atomic mass is 10.0. The molecule has 0 aliphatic carbocycles. The Morgan fingerprint density at radius 3 is 2.13 bits per heavy atom. The molecule has 170 valence electrons. The van der Waals surface area contributed by atoms with Crippen LogP contribution in [-0.2, 0) is 22.7 Å². The molecule has 1 heterocycles. The molecule has 0 fully saturated rings. The summed E-state index contributed by atoms with van der Waals surface area (Å²) in [6.07, 6.45) is 2.74. The van der Waals surface area contributed by atoms with Crippen LogP contribution in [0.2, 0.25) is 0 Å². The summed E-state index contributed by atoms with van der Waals surface area (Å²) in [7, 11) is 0. The van der Waals surface area contributed by atoms with Gasteiger partial charge in [0, 0.05) is 30.7 Å². The van der Waals surface area contributed by atoms with Gasteiger partial charge in [0.05, 0.1) is 0 Å². The summed E-state index contributed by atoms with van der Waals surface area (Å²) in [5.74, 6) is -0.197. The van der Waals surface area contributed by atoms with Crippen molar-refractivity contribution in [3.05, 3.63) is 47.5 Å². The highest BCUT2D eigenvalue weighted by Gasteiger charge is 2.35. The zero-order chi connectivity index (χ0) is 23.3. The summed E-state index contributed by atoms with van der Waals surface area (Å²) in [5, 5.41) is 12.5. The first kappa shape index (κ1) is 24.4. The van der Waals surface area contributed by atoms with Gasteiger partial charge in [-0.05, 0) is 51.2 Å². The number of benzene rings is 1. The van der Waals surface area contributed by atoms with Crippen LogP contribution in [0.3, 0.4) is 0 Å². The van der Waals surface area contributed by atoms with E-state index in [-0.39, 0.29) is 23.8 Å². The fraction of sp³-hybridized carbons (Fsp3) is 0.542. The topological polar surface area (TPSA) is 90.0 Å². The highest BCUT2D eigenvalue weighted by Crippen LogP contribution is 2.22. The zero-order valence-electron chi connectivity index (χ0n) is 19.4. The normalized spacial score (nSPS) is 15.6. The maximum Gasteiger partial charge on any atom is 0.408 e. The predicted molar refractivity (Wildman–Crippen MR) is 120 cm³/mol. The molecule has 2 N–H and O–H groups in total. The number of nitrogens with zero attached hydrogens (tertiary/aromatic N) is 2. The summed E-state index contributed by atoms with van der Waals surface area (Å²) in [4.78, 5) is 40.1. The first-order valence-electron chi connectivity index (χ1n) is 10.8. The van der Waals surface area contributed by atoms with E-state index < -0.39 is 17.7 Å². The Bertz CT molecular complexity index is 816. The Kier molecular flexibility index (Phi) is 7.87. The van der Waals surface area contributed by atoms with E-state index in [1.165, 1.54) is 6.08 Å². The molecule has 0 radical (unpaired) electrons. The van der Waals surface area contributed by atoms with Crippen molar-refractivity contribution in [3.63, 3.8) is 0 Å². The Balaban J connectivity index is 2.07. The monoisotopic (exact) mass is 429 g/mol. The van der Waals surface area contributed by atoms with Crippen LogP contribution in [0.25, 0.3) is 0 Å². The Hall–Kier alpha value is -2.83. The molecule has 0 bridgehead atoms. The standard InChI is InChI=1S/C24H35N3O4/c1-16(2)13-20(25-22(29)17(3)27(23(30)31)24(4,5)6)11-12-21(28)26-14-18-9-7-8-10-19(18)15-26/h7-12,16-17,20H,13-15H2,1-6H3,(H,25,29)(H,30,31)/t17-,20+/m0/s1. The molecule has 2 atom stereocenters. The van der Waals surface area contributed by atoms with E-state index in [0.29, 0.717) is 19.5 Å². The molecule has 7 nitrogen and oxygen atoms in total. The lowest BCUT2D eigenvalue weighted by Crippen LogP contribution is -2.56. The van der Waals surface area contributed by atoms with Crippen molar-refractivity contribution < 1.29 is 19.5 Å². The first-order valence-corrected chi connectivity index (χ1v) is 10.8. The van der Waals surface area contributed by atoms with Crippen LogP contribution in [0, 0.1) is 5.92 Å². The van der Waals surface area contributed by atoms with Gasteiger partial charge in [-0.25, -0.2) is 4.79 Å². The van der Waals surface area contributed by atoms with Crippen LogP contribution in [0.5, 0.6) is 0 Å². The number of carbonyl (C=O) groups excluding carboxylic acids is 2. The van der Waals surface area contributed by atoms with Gasteiger partial charge in [-0.2, -0.15) is 0 Å². The molecular formula is C24H35N3O4. The lowest BCUT2D eigenvalue weighted by molar-refractivity contribution is -0.128. The Morgan fingerprint density at radius 1 is 1.13 bits per heavy atom.